The minimum atomic E-state index is -3.40. The average Bonchev–Trinajstić information content (AvgIpc) is 2.37. The van der Waals surface area contributed by atoms with Crippen molar-refractivity contribution in [2.75, 3.05) is 27.7 Å². The highest BCUT2D eigenvalue weighted by molar-refractivity contribution is 7.89. The molecule has 0 spiro atoms. The van der Waals surface area contributed by atoms with E-state index in [0.717, 1.165) is 17.7 Å². The van der Waals surface area contributed by atoms with Crippen LogP contribution in [0.1, 0.15) is 18.9 Å². The first-order valence-corrected chi connectivity index (χ1v) is 7.70. The number of nitrogens with one attached hydrogen (secondary N) is 1. The lowest BCUT2D eigenvalue weighted by Crippen LogP contribution is -2.22. The third-order valence-electron chi connectivity index (χ3n) is 2.64. The van der Waals surface area contributed by atoms with Crippen molar-refractivity contribution in [3.63, 3.8) is 0 Å². The quantitative estimate of drug-likeness (QED) is 0.824. The van der Waals surface area contributed by atoms with Gasteiger partial charge in [-0.3, -0.25) is 0 Å². The number of ether oxygens (including phenoxy) is 1. The highest BCUT2D eigenvalue weighted by Crippen LogP contribution is 2.24. The summed E-state index contributed by atoms with van der Waals surface area (Å²) in [5.74, 6) is 0.730. The van der Waals surface area contributed by atoms with Crippen LogP contribution in [0, 0.1) is 0 Å². The highest BCUT2D eigenvalue weighted by Gasteiger charge is 2.18. The Hall–Kier alpha value is -1.11. The van der Waals surface area contributed by atoms with E-state index in [0.29, 0.717) is 13.2 Å². The molecule has 19 heavy (non-hydrogen) atoms. The van der Waals surface area contributed by atoms with E-state index in [2.05, 4.69) is 5.32 Å². The van der Waals surface area contributed by atoms with Crippen LogP contribution < -0.4 is 10.1 Å². The maximum atomic E-state index is 12.1. The fraction of sp³-hybridized carbons (Fsp3) is 0.538. The van der Waals surface area contributed by atoms with E-state index in [9.17, 15) is 8.42 Å². The van der Waals surface area contributed by atoms with Crippen molar-refractivity contribution in [2.45, 2.75) is 24.8 Å². The average molecular weight is 286 g/mol. The molecule has 1 N–H and O–H groups in total. The van der Waals surface area contributed by atoms with Gasteiger partial charge in [-0.25, -0.2) is 12.7 Å². The van der Waals surface area contributed by atoms with Gasteiger partial charge < -0.3 is 10.1 Å². The fourth-order valence-electron chi connectivity index (χ4n) is 1.61. The normalized spacial score (nSPS) is 11.8. The van der Waals surface area contributed by atoms with Crippen LogP contribution in [0.4, 0.5) is 0 Å². The zero-order valence-corrected chi connectivity index (χ0v) is 12.8. The van der Waals surface area contributed by atoms with E-state index in [1.807, 2.05) is 14.0 Å². The Morgan fingerprint density at radius 2 is 2.00 bits per heavy atom. The van der Waals surface area contributed by atoms with Crippen LogP contribution >= 0.6 is 0 Å². The van der Waals surface area contributed by atoms with Gasteiger partial charge in [0.25, 0.3) is 0 Å². The SMILES string of the molecule is CCCOc1ccc(S(=O)(=O)N(C)C)cc1CNC. The molecular weight excluding hydrogens is 264 g/mol. The highest BCUT2D eigenvalue weighted by atomic mass is 32.2. The summed E-state index contributed by atoms with van der Waals surface area (Å²) in [5, 5.41) is 3.02. The fourth-order valence-corrected chi connectivity index (χ4v) is 2.56. The summed E-state index contributed by atoms with van der Waals surface area (Å²) in [5.41, 5.74) is 0.846. The summed E-state index contributed by atoms with van der Waals surface area (Å²) in [4.78, 5) is 0.284. The first kappa shape index (κ1) is 15.9. The molecule has 108 valence electrons. The minimum absolute atomic E-state index is 0.284. The Morgan fingerprint density at radius 1 is 1.32 bits per heavy atom. The summed E-state index contributed by atoms with van der Waals surface area (Å²) >= 11 is 0. The first-order chi connectivity index (χ1) is 8.93. The smallest absolute Gasteiger partial charge is 0.242 e. The molecule has 0 saturated heterocycles. The van der Waals surface area contributed by atoms with Crippen molar-refractivity contribution in [3.8, 4) is 5.75 Å². The predicted octanol–water partition coefficient (Wildman–Crippen LogP) is 1.45. The van der Waals surface area contributed by atoms with Crippen LogP contribution in [-0.2, 0) is 16.6 Å². The van der Waals surface area contributed by atoms with Crippen LogP contribution in [0.5, 0.6) is 5.75 Å². The van der Waals surface area contributed by atoms with Gasteiger partial charge in [-0.2, -0.15) is 0 Å². The second-order valence-corrected chi connectivity index (χ2v) is 6.59. The molecule has 0 saturated carbocycles. The van der Waals surface area contributed by atoms with Gasteiger partial charge in [-0.1, -0.05) is 6.92 Å². The Kier molecular flexibility index (Phi) is 5.78. The van der Waals surface area contributed by atoms with E-state index in [1.54, 1.807) is 18.2 Å². The molecule has 5 nitrogen and oxygen atoms in total. The molecule has 0 radical (unpaired) electrons. The largest absolute Gasteiger partial charge is 0.493 e. The van der Waals surface area contributed by atoms with Crippen LogP contribution in [0.2, 0.25) is 0 Å². The number of benzene rings is 1. The first-order valence-electron chi connectivity index (χ1n) is 6.26. The van der Waals surface area contributed by atoms with Crippen LogP contribution in [0.15, 0.2) is 23.1 Å². The van der Waals surface area contributed by atoms with E-state index in [-0.39, 0.29) is 4.90 Å². The van der Waals surface area contributed by atoms with Gasteiger partial charge in [0.1, 0.15) is 5.75 Å². The molecule has 0 heterocycles. The maximum absolute atomic E-state index is 12.1. The summed E-state index contributed by atoms with van der Waals surface area (Å²) in [6.07, 6.45) is 0.913. The van der Waals surface area contributed by atoms with Gasteiger partial charge in [0.15, 0.2) is 0 Å². The molecule has 0 aliphatic rings. The van der Waals surface area contributed by atoms with Gasteiger partial charge in [-0.05, 0) is 31.7 Å². The van der Waals surface area contributed by atoms with Crippen molar-refractivity contribution in [3.05, 3.63) is 23.8 Å². The van der Waals surface area contributed by atoms with Crippen molar-refractivity contribution >= 4 is 10.0 Å². The second kappa shape index (κ2) is 6.88. The van der Waals surface area contributed by atoms with Gasteiger partial charge in [-0.15, -0.1) is 0 Å². The minimum Gasteiger partial charge on any atom is -0.493 e. The molecule has 1 rings (SSSR count). The zero-order valence-electron chi connectivity index (χ0n) is 11.9. The lowest BCUT2D eigenvalue weighted by molar-refractivity contribution is 0.313. The summed E-state index contributed by atoms with van der Waals surface area (Å²) in [6, 6.07) is 4.97. The van der Waals surface area contributed by atoms with Crippen LogP contribution in [-0.4, -0.2) is 40.5 Å². The van der Waals surface area contributed by atoms with Crippen LogP contribution in [0.3, 0.4) is 0 Å². The topological polar surface area (TPSA) is 58.6 Å². The Balaban J connectivity index is 3.15. The summed E-state index contributed by atoms with van der Waals surface area (Å²) < 4.78 is 31.0. The van der Waals surface area contributed by atoms with E-state index in [4.69, 9.17) is 4.74 Å². The summed E-state index contributed by atoms with van der Waals surface area (Å²) in [6.45, 7) is 3.22. The Morgan fingerprint density at radius 3 is 2.53 bits per heavy atom. The predicted molar refractivity (Wildman–Crippen MR) is 75.9 cm³/mol. The number of sulfonamides is 1. The van der Waals surface area contributed by atoms with Gasteiger partial charge in [0.05, 0.1) is 11.5 Å². The van der Waals surface area contributed by atoms with Gasteiger partial charge >= 0.3 is 0 Å². The lowest BCUT2D eigenvalue weighted by atomic mass is 10.2. The number of nitrogens with zero attached hydrogens (tertiary/aromatic N) is 1. The standard InChI is InChI=1S/C13H22N2O3S/c1-5-8-18-13-7-6-12(9-11(13)10-14-2)19(16,17)15(3)4/h6-7,9,14H,5,8,10H2,1-4H3. The Labute approximate surface area is 115 Å². The number of hydrogen-bond donors (Lipinski definition) is 1. The monoisotopic (exact) mass is 286 g/mol. The second-order valence-electron chi connectivity index (χ2n) is 4.44. The third kappa shape index (κ3) is 3.92. The molecule has 0 amide bonds. The van der Waals surface area contributed by atoms with Crippen molar-refractivity contribution in [1.82, 2.24) is 9.62 Å². The molecule has 1 aromatic rings. The molecule has 6 heteroatoms. The van der Waals surface area contributed by atoms with E-state index in [1.165, 1.54) is 18.4 Å². The molecule has 0 atom stereocenters. The Bertz CT molecular complexity index is 513. The van der Waals surface area contributed by atoms with Crippen molar-refractivity contribution in [2.24, 2.45) is 0 Å². The maximum Gasteiger partial charge on any atom is 0.242 e. The van der Waals surface area contributed by atoms with Crippen molar-refractivity contribution in [1.29, 1.82) is 0 Å². The molecule has 0 bridgehead atoms. The molecule has 0 unspecified atom stereocenters. The zero-order chi connectivity index (χ0) is 14.5. The molecule has 0 aliphatic carbocycles. The third-order valence-corrected chi connectivity index (χ3v) is 4.45. The molecule has 0 aromatic heterocycles. The van der Waals surface area contributed by atoms with Gasteiger partial charge in [0.2, 0.25) is 10.0 Å². The van der Waals surface area contributed by atoms with Crippen molar-refractivity contribution < 1.29 is 13.2 Å². The molecule has 1 aromatic carbocycles. The summed E-state index contributed by atoms with van der Waals surface area (Å²) in [7, 11) is 1.46. The molecule has 0 aliphatic heterocycles. The van der Waals surface area contributed by atoms with E-state index >= 15 is 0 Å². The number of rotatable bonds is 7. The van der Waals surface area contributed by atoms with E-state index < -0.39 is 10.0 Å². The lowest BCUT2D eigenvalue weighted by Gasteiger charge is -2.15. The molecular formula is C13H22N2O3S. The van der Waals surface area contributed by atoms with Gasteiger partial charge in [0, 0.05) is 26.2 Å². The van der Waals surface area contributed by atoms with Crippen LogP contribution in [0.25, 0.3) is 0 Å². The molecule has 0 fully saturated rings. The number of hydrogen-bond acceptors (Lipinski definition) is 4.